The van der Waals surface area contributed by atoms with Gasteiger partial charge in [-0.15, -0.1) is 11.3 Å². The molecule has 0 bridgehead atoms. The lowest BCUT2D eigenvalue weighted by Gasteiger charge is -2.19. The number of sulfonamides is 1. The van der Waals surface area contributed by atoms with Gasteiger partial charge in [0, 0.05) is 17.6 Å². The predicted octanol–water partition coefficient (Wildman–Crippen LogP) is 4.27. The fourth-order valence-electron chi connectivity index (χ4n) is 2.33. The summed E-state index contributed by atoms with van der Waals surface area (Å²) in [4.78, 5) is 7.26. The topological polar surface area (TPSA) is 62.3 Å². The SMILES string of the molecule is CCc1ccc(S(=O)(=O)Nc2ccc(N(C)c3ccccc3)cn2)s1. The van der Waals surface area contributed by atoms with Crippen LogP contribution >= 0.6 is 11.3 Å². The zero-order valence-electron chi connectivity index (χ0n) is 14.0. The smallest absolute Gasteiger partial charge is 0.272 e. The molecule has 2 heterocycles. The van der Waals surface area contributed by atoms with Crippen molar-refractivity contribution in [2.24, 2.45) is 0 Å². The average molecular weight is 374 g/mol. The molecule has 25 heavy (non-hydrogen) atoms. The first kappa shape index (κ1) is 17.4. The van der Waals surface area contributed by atoms with E-state index >= 15 is 0 Å². The molecule has 0 radical (unpaired) electrons. The Morgan fingerprint density at radius 3 is 2.40 bits per heavy atom. The van der Waals surface area contributed by atoms with Crippen molar-refractivity contribution in [2.45, 2.75) is 17.6 Å². The van der Waals surface area contributed by atoms with Crippen LogP contribution < -0.4 is 9.62 Å². The van der Waals surface area contributed by atoms with Crippen LogP contribution in [0.4, 0.5) is 17.2 Å². The van der Waals surface area contributed by atoms with Crippen molar-refractivity contribution in [1.82, 2.24) is 4.98 Å². The number of rotatable bonds is 6. The molecule has 7 heteroatoms. The van der Waals surface area contributed by atoms with Gasteiger partial charge in [0.05, 0.1) is 11.9 Å². The molecule has 3 rings (SSSR count). The number of hydrogen-bond donors (Lipinski definition) is 1. The number of anilines is 3. The molecule has 0 aliphatic carbocycles. The van der Waals surface area contributed by atoms with E-state index in [-0.39, 0.29) is 0 Å². The van der Waals surface area contributed by atoms with E-state index < -0.39 is 10.0 Å². The van der Waals surface area contributed by atoms with Crippen LogP contribution in [0.3, 0.4) is 0 Å². The molecular weight excluding hydrogens is 354 g/mol. The van der Waals surface area contributed by atoms with Crippen molar-refractivity contribution >= 4 is 38.6 Å². The summed E-state index contributed by atoms with van der Waals surface area (Å²) in [5.74, 6) is 0.302. The first-order valence-corrected chi connectivity index (χ1v) is 10.2. The molecular formula is C18H19N3O2S2. The van der Waals surface area contributed by atoms with Crippen molar-refractivity contribution in [2.75, 3.05) is 16.7 Å². The van der Waals surface area contributed by atoms with Gasteiger partial charge in [-0.2, -0.15) is 0 Å². The van der Waals surface area contributed by atoms with Crippen LogP contribution in [0.5, 0.6) is 0 Å². The van der Waals surface area contributed by atoms with Gasteiger partial charge in [0.2, 0.25) is 0 Å². The Balaban J connectivity index is 1.76. The summed E-state index contributed by atoms with van der Waals surface area (Å²) < 4.78 is 27.7. The van der Waals surface area contributed by atoms with Crippen LogP contribution in [-0.2, 0) is 16.4 Å². The molecule has 0 spiro atoms. The zero-order valence-corrected chi connectivity index (χ0v) is 15.6. The Hall–Kier alpha value is -2.38. The largest absolute Gasteiger partial charge is 0.343 e. The molecule has 3 aromatic rings. The molecule has 2 aromatic heterocycles. The molecule has 0 atom stereocenters. The normalized spacial score (nSPS) is 11.3. The Morgan fingerprint density at radius 2 is 1.80 bits per heavy atom. The molecule has 0 unspecified atom stereocenters. The molecule has 0 fully saturated rings. The van der Waals surface area contributed by atoms with Gasteiger partial charge in [-0.25, -0.2) is 13.4 Å². The second-order valence-electron chi connectivity index (χ2n) is 5.48. The maximum Gasteiger partial charge on any atom is 0.272 e. The minimum atomic E-state index is -3.60. The third-order valence-corrected chi connectivity index (χ3v) is 6.84. The summed E-state index contributed by atoms with van der Waals surface area (Å²) in [5.41, 5.74) is 1.90. The van der Waals surface area contributed by atoms with E-state index in [1.165, 1.54) is 11.3 Å². The van der Waals surface area contributed by atoms with Crippen LogP contribution in [0.15, 0.2) is 65.0 Å². The lowest BCUT2D eigenvalue weighted by molar-refractivity contribution is 0.603. The molecule has 0 saturated heterocycles. The summed E-state index contributed by atoms with van der Waals surface area (Å²) in [7, 11) is -1.66. The number of aromatic nitrogens is 1. The van der Waals surface area contributed by atoms with Crippen molar-refractivity contribution in [3.63, 3.8) is 0 Å². The highest BCUT2D eigenvalue weighted by Crippen LogP contribution is 2.26. The Labute approximate surface area is 152 Å². The maximum absolute atomic E-state index is 12.4. The number of pyridine rings is 1. The highest BCUT2D eigenvalue weighted by atomic mass is 32.2. The van der Waals surface area contributed by atoms with Gasteiger partial charge in [0.25, 0.3) is 10.0 Å². The van der Waals surface area contributed by atoms with Crippen LogP contribution in [0.1, 0.15) is 11.8 Å². The van der Waals surface area contributed by atoms with Crippen LogP contribution in [0, 0.1) is 0 Å². The van der Waals surface area contributed by atoms with Gasteiger partial charge in [0.15, 0.2) is 0 Å². The molecule has 0 saturated carbocycles. The van der Waals surface area contributed by atoms with E-state index in [2.05, 4.69) is 9.71 Å². The Bertz CT molecular complexity index is 936. The third-order valence-electron chi connectivity index (χ3n) is 3.77. The van der Waals surface area contributed by atoms with E-state index in [1.54, 1.807) is 18.3 Å². The van der Waals surface area contributed by atoms with Gasteiger partial charge < -0.3 is 4.90 Å². The van der Waals surface area contributed by atoms with Crippen molar-refractivity contribution in [3.05, 3.63) is 65.7 Å². The van der Waals surface area contributed by atoms with Crippen molar-refractivity contribution in [1.29, 1.82) is 0 Å². The monoisotopic (exact) mass is 373 g/mol. The van der Waals surface area contributed by atoms with E-state index in [0.717, 1.165) is 22.7 Å². The fourth-order valence-corrected chi connectivity index (χ4v) is 4.63. The van der Waals surface area contributed by atoms with E-state index in [0.29, 0.717) is 10.0 Å². The minimum absolute atomic E-state index is 0.302. The Morgan fingerprint density at radius 1 is 1.04 bits per heavy atom. The number of nitrogens with one attached hydrogen (secondary N) is 1. The van der Waals surface area contributed by atoms with Crippen LogP contribution in [0.2, 0.25) is 0 Å². The number of benzene rings is 1. The molecule has 130 valence electrons. The van der Waals surface area contributed by atoms with Gasteiger partial charge in [-0.1, -0.05) is 25.1 Å². The van der Waals surface area contributed by atoms with Crippen molar-refractivity contribution < 1.29 is 8.42 Å². The quantitative estimate of drug-likeness (QED) is 0.701. The summed E-state index contributed by atoms with van der Waals surface area (Å²) in [5, 5.41) is 0. The average Bonchev–Trinajstić information content (AvgIpc) is 3.12. The highest BCUT2D eigenvalue weighted by Gasteiger charge is 2.17. The van der Waals surface area contributed by atoms with E-state index in [9.17, 15) is 8.42 Å². The van der Waals surface area contributed by atoms with Crippen LogP contribution in [0.25, 0.3) is 0 Å². The zero-order chi connectivity index (χ0) is 17.9. The first-order valence-electron chi connectivity index (χ1n) is 7.86. The maximum atomic E-state index is 12.4. The number of nitrogens with zero attached hydrogens (tertiary/aromatic N) is 2. The highest BCUT2D eigenvalue weighted by molar-refractivity contribution is 7.94. The summed E-state index contributed by atoms with van der Waals surface area (Å²) in [6.45, 7) is 2.00. The van der Waals surface area contributed by atoms with Gasteiger partial charge in [-0.05, 0) is 42.8 Å². The molecule has 1 aromatic carbocycles. The summed E-state index contributed by atoms with van der Waals surface area (Å²) in [6.07, 6.45) is 2.47. The van der Waals surface area contributed by atoms with E-state index in [4.69, 9.17) is 0 Å². The number of aryl methyl sites for hydroxylation is 1. The second-order valence-corrected chi connectivity index (χ2v) is 8.55. The fraction of sp³-hybridized carbons (Fsp3) is 0.167. The first-order chi connectivity index (χ1) is 12.0. The van der Waals surface area contributed by atoms with E-state index in [1.807, 2.05) is 61.3 Å². The minimum Gasteiger partial charge on any atom is -0.343 e. The van der Waals surface area contributed by atoms with Gasteiger partial charge in [-0.3, -0.25) is 4.72 Å². The number of hydrogen-bond acceptors (Lipinski definition) is 5. The van der Waals surface area contributed by atoms with Crippen LogP contribution in [-0.4, -0.2) is 20.4 Å². The lowest BCUT2D eigenvalue weighted by Crippen LogP contribution is -2.13. The summed E-state index contributed by atoms with van der Waals surface area (Å²) >= 11 is 1.28. The molecule has 1 N–H and O–H groups in total. The Kier molecular flexibility index (Phi) is 5.06. The lowest BCUT2D eigenvalue weighted by atomic mass is 10.3. The predicted molar refractivity (Wildman–Crippen MR) is 103 cm³/mol. The molecule has 0 aliphatic rings. The standard InChI is InChI=1S/C18H19N3O2S2/c1-3-16-10-12-18(24-16)25(22,23)20-17-11-9-15(13-19-17)21(2)14-7-5-4-6-8-14/h4-13H,3H2,1-2H3,(H,19,20). The van der Waals surface area contributed by atoms with Crippen molar-refractivity contribution in [3.8, 4) is 0 Å². The molecule has 0 amide bonds. The number of para-hydroxylation sites is 1. The molecule has 5 nitrogen and oxygen atoms in total. The molecule has 0 aliphatic heterocycles. The second kappa shape index (κ2) is 7.25. The third kappa shape index (κ3) is 4.00. The summed E-state index contributed by atoms with van der Waals surface area (Å²) in [6, 6.07) is 16.9. The van der Waals surface area contributed by atoms with Gasteiger partial charge in [0.1, 0.15) is 10.0 Å². The number of thiophene rings is 1. The van der Waals surface area contributed by atoms with Gasteiger partial charge >= 0.3 is 0 Å².